The summed E-state index contributed by atoms with van der Waals surface area (Å²) in [4.78, 5) is 0. The Bertz CT molecular complexity index is 584. The van der Waals surface area contributed by atoms with Gasteiger partial charge in [-0.1, -0.05) is 13.0 Å². The van der Waals surface area contributed by atoms with Crippen LogP contribution in [-0.2, 0) is 6.42 Å². The third-order valence-corrected chi connectivity index (χ3v) is 6.86. The Balaban J connectivity index is 1.73. The Morgan fingerprint density at radius 1 is 1.18 bits per heavy atom. The summed E-state index contributed by atoms with van der Waals surface area (Å²) >= 11 is 0. The monoisotopic (exact) mass is 302 g/mol. The second kappa shape index (κ2) is 4.97. The fourth-order valence-electron chi connectivity index (χ4n) is 5.74. The van der Waals surface area contributed by atoms with Crippen molar-refractivity contribution < 1.29 is 14.9 Å². The maximum absolute atomic E-state index is 10.9. The Morgan fingerprint density at radius 3 is 2.77 bits per heavy atom. The highest BCUT2D eigenvalue weighted by Crippen LogP contribution is 2.60. The minimum atomic E-state index is -0.341. The summed E-state index contributed by atoms with van der Waals surface area (Å²) < 4.78 is 5.35. The van der Waals surface area contributed by atoms with Gasteiger partial charge in [0.05, 0.1) is 19.3 Å². The van der Waals surface area contributed by atoms with E-state index < -0.39 is 0 Å². The summed E-state index contributed by atoms with van der Waals surface area (Å²) in [5.41, 5.74) is 2.56. The Labute approximate surface area is 132 Å². The number of hydrogen-bond donors (Lipinski definition) is 2. The van der Waals surface area contributed by atoms with Gasteiger partial charge in [-0.05, 0) is 72.6 Å². The van der Waals surface area contributed by atoms with Gasteiger partial charge in [0.25, 0.3) is 0 Å². The largest absolute Gasteiger partial charge is 0.497 e. The summed E-state index contributed by atoms with van der Waals surface area (Å²) in [6.45, 7) is 2.19. The molecule has 0 spiro atoms. The van der Waals surface area contributed by atoms with Gasteiger partial charge >= 0.3 is 0 Å². The van der Waals surface area contributed by atoms with Crippen molar-refractivity contribution in [2.45, 2.75) is 57.2 Å². The first-order valence-electron chi connectivity index (χ1n) is 8.57. The van der Waals surface area contributed by atoms with E-state index >= 15 is 0 Å². The molecule has 0 amide bonds. The van der Waals surface area contributed by atoms with Gasteiger partial charge < -0.3 is 14.9 Å². The van der Waals surface area contributed by atoms with E-state index in [-0.39, 0.29) is 23.5 Å². The molecule has 0 aromatic heterocycles. The number of aryl methyl sites for hydroxylation is 1. The molecule has 2 saturated carbocycles. The second-order valence-electron chi connectivity index (χ2n) is 7.77. The third kappa shape index (κ3) is 1.88. The lowest BCUT2D eigenvalue weighted by Gasteiger charge is -2.52. The van der Waals surface area contributed by atoms with Crippen molar-refractivity contribution in [1.29, 1.82) is 0 Å². The van der Waals surface area contributed by atoms with E-state index in [1.54, 1.807) is 7.11 Å². The predicted molar refractivity (Wildman–Crippen MR) is 85.0 cm³/mol. The first-order chi connectivity index (χ1) is 10.5. The number of fused-ring (bicyclic) bond motifs is 5. The van der Waals surface area contributed by atoms with Gasteiger partial charge in [0.1, 0.15) is 5.75 Å². The molecule has 0 radical (unpaired) electrons. The molecule has 6 unspecified atom stereocenters. The molecule has 0 heterocycles. The van der Waals surface area contributed by atoms with Gasteiger partial charge in [-0.3, -0.25) is 0 Å². The molecule has 3 nitrogen and oxygen atoms in total. The van der Waals surface area contributed by atoms with Gasteiger partial charge in [-0.25, -0.2) is 0 Å². The highest BCUT2D eigenvalue weighted by molar-refractivity contribution is 5.41. The Morgan fingerprint density at radius 2 is 2.00 bits per heavy atom. The third-order valence-electron chi connectivity index (χ3n) is 6.86. The van der Waals surface area contributed by atoms with Gasteiger partial charge in [0.2, 0.25) is 0 Å². The molecular formula is C19H26O3. The normalized spacial score (nSPS) is 43.2. The fourth-order valence-corrected chi connectivity index (χ4v) is 5.74. The smallest absolute Gasteiger partial charge is 0.119 e. The molecular weight excluding hydrogens is 276 g/mol. The van der Waals surface area contributed by atoms with Crippen LogP contribution in [0.4, 0.5) is 0 Å². The zero-order valence-electron chi connectivity index (χ0n) is 13.5. The van der Waals surface area contributed by atoms with E-state index in [0.29, 0.717) is 11.8 Å². The highest BCUT2D eigenvalue weighted by atomic mass is 16.5. The predicted octanol–water partition coefficient (Wildman–Crippen LogP) is 2.88. The van der Waals surface area contributed by atoms with Crippen molar-refractivity contribution in [2.24, 2.45) is 17.3 Å². The minimum absolute atomic E-state index is 0.0927. The van der Waals surface area contributed by atoms with Crippen molar-refractivity contribution in [2.75, 3.05) is 7.11 Å². The van der Waals surface area contributed by atoms with Crippen LogP contribution in [0, 0.1) is 17.3 Å². The summed E-state index contributed by atoms with van der Waals surface area (Å²) in [5, 5.41) is 21.3. The van der Waals surface area contributed by atoms with Crippen molar-refractivity contribution in [3.63, 3.8) is 0 Å². The summed E-state index contributed by atoms with van der Waals surface area (Å²) in [5.74, 6) is 2.19. The Kier molecular flexibility index (Phi) is 3.28. The number of aliphatic hydroxyl groups is 2. The first kappa shape index (κ1) is 14.5. The number of hydrogen-bond acceptors (Lipinski definition) is 3. The zero-order chi connectivity index (χ0) is 15.5. The zero-order valence-corrected chi connectivity index (χ0v) is 13.5. The minimum Gasteiger partial charge on any atom is -0.497 e. The van der Waals surface area contributed by atoms with E-state index in [1.165, 1.54) is 11.1 Å². The molecule has 0 aliphatic heterocycles. The van der Waals surface area contributed by atoms with Gasteiger partial charge in [-0.2, -0.15) is 0 Å². The maximum atomic E-state index is 10.9. The van der Waals surface area contributed by atoms with Crippen LogP contribution < -0.4 is 4.74 Å². The van der Waals surface area contributed by atoms with Gasteiger partial charge in [0.15, 0.2) is 0 Å². The lowest BCUT2D eigenvalue weighted by atomic mass is 9.54. The van der Waals surface area contributed by atoms with E-state index in [0.717, 1.165) is 37.9 Å². The van der Waals surface area contributed by atoms with E-state index in [9.17, 15) is 10.2 Å². The first-order valence-corrected chi connectivity index (χ1v) is 8.57. The maximum Gasteiger partial charge on any atom is 0.119 e. The molecule has 22 heavy (non-hydrogen) atoms. The van der Waals surface area contributed by atoms with E-state index in [1.807, 2.05) is 6.07 Å². The standard InChI is InChI=1S/C19H26O3/c1-19-10-16(20)18-13-6-4-12(22-2)9-11(13)3-5-14(18)15(19)7-8-17(19)21/h4,6,9,14-18,20-21H,3,5,7-8,10H2,1-2H3. The van der Waals surface area contributed by atoms with Gasteiger partial charge in [-0.15, -0.1) is 0 Å². The van der Waals surface area contributed by atoms with Crippen molar-refractivity contribution >= 4 is 0 Å². The number of benzene rings is 1. The van der Waals surface area contributed by atoms with Crippen molar-refractivity contribution in [1.82, 2.24) is 0 Å². The molecule has 1 aromatic carbocycles. The van der Waals surface area contributed by atoms with Crippen LogP contribution in [0.15, 0.2) is 18.2 Å². The summed E-state index contributed by atoms with van der Waals surface area (Å²) in [7, 11) is 1.70. The molecule has 0 saturated heterocycles. The molecule has 2 fully saturated rings. The number of aliphatic hydroxyl groups excluding tert-OH is 2. The summed E-state index contributed by atoms with van der Waals surface area (Å²) in [6.07, 6.45) is 4.32. The van der Waals surface area contributed by atoms with E-state index in [2.05, 4.69) is 19.1 Å². The number of methoxy groups -OCH3 is 1. The average Bonchev–Trinajstić information content (AvgIpc) is 2.81. The van der Waals surface area contributed by atoms with Crippen LogP contribution >= 0.6 is 0 Å². The molecule has 0 bridgehead atoms. The van der Waals surface area contributed by atoms with Gasteiger partial charge in [0, 0.05) is 5.92 Å². The SMILES string of the molecule is COc1ccc2c(c1)CCC1C2C(O)CC2(C)C(O)CCC12. The molecule has 3 heteroatoms. The van der Waals surface area contributed by atoms with Crippen LogP contribution in [0.1, 0.15) is 49.7 Å². The summed E-state index contributed by atoms with van der Waals surface area (Å²) in [6, 6.07) is 6.31. The lowest BCUT2D eigenvalue weighted by molar-refractivity contribution is -0.0798. The fraction of sp³-hybridized carbons (Fsp3) is 0.684. The number of rotatable bonds is 1. The van der Waals surface area contributed by atoms with Crippen molar-refractivity contribution in [3.05, 3.63) is 29.3 Å². The van der Waals surface area contributed by atoms with Crippen LogP contribution in [-0.4, -0.2) is 29.5 Å². The topological polar surface area (TPSA) is 49.7 Å². The lowest BCUT2D eigenvalue weighted by Crippen LogP contribution is -2.50. The molecule has 120 valence electrons. The quantitative estimate of drug-likeness (QED) is 0.838. The molecule has 3 aliphatic rings. The van der Waals surface area contributed by atoms with Crippen LogP contribution in [0.5, 0.6) is 5.75 Å². The van der Waals surface area contributed by atoms with Crippen molar-refractivity contribution in [3.8, 4) is 5.75 Å². The molecule has 1 aromatic rings. The molecule has 6 atom stereocenters. The van der Waals surface area contributed by atoms with Crippen LogP contribution in [0.2, 0.25) is 0 Å². The molecule has 2 N–H and O–H groups in total. The average molecular weight is 302 g/mol. The number of ether oxygens (including phenoxy) is 1. The highest BCUT2D eigenvalue weighted by Gasteiger charge is 2.57. The van der Waals surface area contributed by atoms with Crippen LogP contribution in [0.3, 0.4) is 0 Å². The Hall–Kier alpha value is -1.06. The van der Waals surface area contributed by atoms with E-state index in [4.69, 9.17) is 4.74 Å². The molecule has 3 aliphatic carbocycles. The molecule has 4 rings (SSSR count). The second-order valence-corrected chi connectivity index (χ2v) is 7.77. The van der Waals surface area contributed by atoms with Crippen LogP contribution in [0.25, 0.3) is 0 Å².